The summed E-state index contributed by atoms with van der Waals surface area (Å²) in [5, 5.41) is 4.36. The zero-order valence-corrected chi connectivity index (χ0v) is 13.8. The lowest BCUT2D eigenvalue weighted by Crippen LogP contribution is -2.31. The fraction of sp³-hybridized carbons (Fsp3) is 0.438. The standard InChI is InChI=1S/C16H20N4O3/c1-10-5-6-11-8-13-15(22)19(9-14(21)23-4)17-16(18(2)3)20(13)12(11)7-10/h7-8H,5-6,9H2,1-4H3. The first-order valence-corrected chi connectivity index (χ1v) is 7.49. The van der Waals surface area contributed by atoms with Crippen molar-refractivity contribution in [2.75, 3.05) is 26.1 Å². The summed E-state index contributed by atoms with van der Waals surface area (Å²) in [6.07, 6.45) is 4.00. The van der Waals surface area contributed by atoms with Crippen LogP contribution in [0.15, 0.2) is 16.4 Å². The maximum Gasteiger partial charge on any atom is 0.327 e. The fourth-order valence-electron chi connectivity index (χ4n) is 2.86. The van der Waals surface area contributed by atoms with E-state index in [-0.39, 0.29) is 12.1 Å². The van der Waals surface area contributed by atoms with Crippen molar-refractivity contribution in [2.24, 2.45) is 0 Å². The van der Waals surface area contributed by atoms with Crippen LogP contribution >= 0.6 is 0 Å². The van der Waals surface area contributed by atoms with Crippen molar-refractivity contribution in [3.8, 4) is 0 Å². The van der Waals surface area contributed by atoms with E-state index in [0.29, 0.717) is 11.5 Å². The van der Waals surface area contributed by atoms with Crippen molar-refractivity contribution in [3.05, 3.63) is 33.3 Å². The number of carbonyl (C=O) groups excluding carboxylic acids is 1. The summed E-state index contributed by atoms with van der Waals surface area (Å²) in [6.45, 7) is 1.89. The summed E-state index contributed by atoms with van der Waals surface area (Å²) in [5.41, 5.74) is 3.65. The Kier molecular flexibility index (Phi) is 3.71. The Hall–Kier alpha value is -2.57. The van der Waals surface area contributed by atoms with Crippen molar-refractivity contribution >= 4 is 23.5 Å². The molecule has 0 amide bonds. The molecule has 0 radical (unpaired) electrons. The Morgan fingerprint density at radius 1 is 1.39 bits per heavy atom. The van der Waals surface area contributed by atoms with Crippen LogP contribution in [-0.4, -0.2) is 41.4 Å². The van der Waals surface area contributed by atoms with Gasteiger partial charge in [0.05, 0.1) is 12.8 Å². The van der Waals surface area contributed by atoms with Crippen LogP contribution < -0.4 is 10.5 Å². The molecule has 7 heteroatoms. The van der Waals surface area contributed by atoms with E-state index in [1.54, 1.807) is 0 Å². The van der Waals surface area contributed by atoms with Gasteiger partial charge in [-0.05, 0) is 37.5 Å². The van der Waals surface area contributed by atoms with Gasteiger partial charge in [-0.15, -0.1) is 5.10 Å². The van der Waals surface area contributed by atoms with E-state index in [2.05, 4.69) is 22.8 Å². The minimum atomic E-state index is -0.499. The molecular formula is C16H20N4O3. The van der Waals surface area contributed by atoms with E-state index in [1.165, 1.54) is 17.4 Å². The number of aryl methyl sites for hydroxylation is 1. The number of carbonyl (C=O) groups is 1. The molecule has 2 aromatic heterocycles. The number of allylic oxidation sites excluding steroid dienone is 1. The highest BCUT2D eigenvalue weighted by molar-refractivity contribution is 5.70. The molecule has 0 unspecified atom stereocenters. The van der Waals surface area contributed by atoms with Crippen molar-refractivity contribution in [2.45, 2.75) is 26.3 Å². The van der Waals surface area contributed by atoms with Crippen LogP contribution in [0.25, 0.3) is 11.6 Å². The molecule has 0 aromatic carbocycles. The van der Waals surface area contributed by atoms with Crippen molar-refractivity contribution in [1.29, 1.82) is 0 Å². The van der Waals surface area contributed by atoms with Gasteiger partial charge in [-0.2, -0.15) is 0 Å². The average Bonchev–Trinajstić information content (AvgIpc) is 2.88. The van der Waals surface area contributed by atoms with Crippen LogP contribution in [0.5, 0.6) is 0 Å². The molecule has 0 aliphatic heterocycles. The Morgan fingerprint density at radius 2 is 2.13 bits per heavy atom. The number of hydrogen-bond donors (Lipinski definition) is 0. The molecule has 2 heterocycles. The lowest BCUT2D eigenvalue weighted by molar-refractivity contribution is -0.141. The molecule has 122 valence electrons. The smallest absolute Gasteiger partial charge is 0.327 e. The normalized spacial score (nSPS) is 13.7. The molecule has 0 saturated carbocycles. The third-order valence-corrected chi connectivity index (χ3v) is 4.06. The van der Waals surface area contributed by atoms with Gasteiger partial charge < -0.3 is 9.64 Å². The molecular weight excluding hydrogens is 296 g/mol. The average molecular weight is 316 g/mol. The second kappa shape index (κ2) is 5.57. The first kappa shape index (κ1) is 15.3. The summed E-state index contributed by atoms with van der Waals surface area (Å²) < 4.78 is 7.68. The van der Waals surface area contributed by atoms with Gasteiger partial charge in [0.15, 0.2) is 0 Å². The maximum atomic E-state index is 12.7. The van der Waals surface area contributed by atoms with Crippen LogP contribution in [0.2, 0.25) is 0 Å². The molecule has 0 spiro atoms. The molecule has 2 aromatic rings. The molecule has 7 nitrogen and oxygen atoms in total. The summed E-state index contributed by atoms with van der Waals surface area (Å²) >= 11 is 0. The van der Waals surface area contributed by atoms with Crippen LogP contribution in [0, 0.1) is 0 Å². The molecule has 0 bridgehead atoms. The quantitative estimate of drug-likeness (QED) is 0.793. The van der Waals surface area contributed by atoms with E-state index >= 15 is 0 Å². The second-order valence-electron chi connectivity index (χ2n) is 6.00. The second-order valence-corrected chi connectivity index (χ2v) is 6.00. The van der Waals surface area contributed by atoms with Crippen LogP contribution in [0.4, 0.5) is 5.95 Å². The Morgan fingerprint density at radius 3 is 2.78 bits per heavy atom. The summed E-state index contributed by atoms with van der Waals surface area (Å²) in [5.74, 6) is 0.108. The van der Waals surface area contributed by atoms with Gasteiger partial charge in [0, 0.05) is 14.1 Å². The Balaban J connectivity index is 2.31. The van der Waals surface area contributed by atoms with Gasteiger partial charge in [-0.3, -0.25) is 14.0 Å². The predicted octanol–water partition coefficient (Wildman–Crippen LogP) is 1.08. The number of fused-ring (bicyclic) bond motifs is 3. The Bertz CT molecular complexity index is 874. The highest BCUT2D eigenvalue weighted by Crippen LogP contribution is 2.28. The molecule has 0 atom stereocenters. The summed E-state index contributed by atoms with van der Waals surface area (Å²) in [7, 11) is 5.02. The number of hydrogen-bond acceptors (Lipinski definition) is 5. The zero-order chi connectivity index (χ0) is 16.7. The maximum absolute atomic E-state index is 12.7. The predicted molar refractivity (Wildman–Crippen MR) is 87.8 cm³/mol. The highest BCUT2D eigenvalue weighted by atomic mass is 16.5. The van der Waals surface area contributed by atoms with Gasteiger partial charge in [0.2, 0.25) is 5.95 Å². The monoisotopic (exact) mass is 316 g/mol. The number of nitrogens with zero attached hydrogens (tertiary/aromatic N) is 4. The fourth-order valence-corrected chi connectivity index (χ4v) is 2.86. The lowest BCUT2D eigenvalue weighted by atomic mass is 9.99. The van der Waals surface area contributed by atoms with Crippen molar-refractivity contribution < 1.29 is 9.53 Å². The number of rotatable bonds is 3. The lowest BCUT2D eigenvalue weighted by Gasteiger charge is -2.18. The molecule has 23 heavy (non-hydrogen) atoms. The zero-order valence-electron chi connectivity index (χ0n) is 13.8. The molecule has 3 rings (SSSR count). The third-order valence-electron chi connectivity index (χ3n) is 4.06. The summed E-state index contributed by atoms with van der Waals surface area (Å²) in [4.78, 5) is 26.1. The number of ether oxygens (including phenoxy) is 1. The van der Waals surface area contributed by atoms with E-state index in [1.807, 2.05) is 29.5 Å². The van der Waals surface area contributed by atoms with E-state index < -0.39 is 5.97 Å². The molecule has 0 saturated heterocycles. The van der Waals surface area contributed by atoms with Gasteiger partial charge >= 0.3 is 5.97 Å². The first-order chi connectivity index (χ1) is 10.9. The van der Waals surface area contributed by atoms with Gasteiger partial charge in [0.25, 0.3) is 5.56 Å². The summed E-state index contributed by atoms with van der Waals surface area (Å²) in [6, 6.07) is 1.91. The molecule has 1 aliphatic carbocycles. The molecule has 0 fully saturated rings. The topological polar surface area (TPSA) is 68.8 Å². The largest absolute Gasteiger partial charge is 0.468 e. The van der Waals surface area contributed by atoms with Crippen LogP contribution in [0.3, 0.4) is 0 Å². The number of aromatic nitrogens is 3. The van der Waals surface area contributed by atoms with E-state index in [0.717, 1.165) is 24.1 Å². The SMILES string of the molecule is COC(=O)Cn1nc(N(C)C)n2c3c(cc2c1=O)CCC(C)=C3. The third kappa shape index (κ3) is 2.52. The van der Waals surface area contributed by atoms with E-state index in [4.69, 9.17) is 0 Å². The number of methoxy groups -OCH3 is 1. The van der Waals surface area contributed by atoms with Crippen LogP contribution in [-0.2, 0) is 22.5 Å². The van der Waals surface area contributed by atoms with Gasteiger partial charge in [-0.1, -0.05) is 5.57 Å². The minimum absolute atomic E-state index is 0.197. The van der Waals surface area contributed by atoms with Gasteiger partial charge in [0.1, 0.15) is 12.1 Å². The highest BCUT2D eigenvalue weighted by Gasteiger charge is 2.21. The first-order valence-electron chi connectivity index (χ1n) is 7.49. The van der Waals surface area contributed by atoms with E-state index in [9.17, 15) is 9.59 Å². The van der Waals surface area contributed by atoms with Crippen LogP contribution in [0.1, 0.15) is 24.6 Å². The molecule has 1 aliphatic rings. The van der Waals surface area contributed by atoms with Crippen molar-refractivity contribution in [3.63, 3.8) is 0 Å². The molecule has 0 N–H and O–H groups in total. The minimum Gasteiger partial charge on any atom is -0.468 e. The number of anilines is 1. The van der Waals surface area contributed by atoms with Crippen molar-refractivity contribution in [1.82, 2.24) is 14.2 Å². The Labute approximate surface area is 133 Å². The number of esters is 1. The van der Waals surface area contributed by atoms with Gasteiger partial charge in [-0.25, -0.2) is 4.68 Å².